The van der Waals surface area contributed by atoms with Gasteiger partial charge in [-0.05, 0) is 103 Å². The van der Waals surface area contributed by atoms with Crippen molar-refractivity contribution in [3.05, 3.63) is 216 Å². The van der Waals surface area contributed by atoms with Gasteiger partial charge in [-0.1, -0.05) is 184 Å². The summed E-state index contributed by atoms with van der Waals surface area (Å²) in [4.78, 5) is 5.10. The Balaban J connectivity index is 0.970. The summed E-state index contributed by atoms with van der Waals surface area (Å²) in [6.45, 7) is 4.79. The van der Waals surface area contributed by atoms with Crippen LogP contribution in [0.3, 0.4) is 0 Å². The van der Waals surface area contributed by atoms with Crippen molar-refractivity contribution >= 4 is 16.3 Å². The molecule has 1 unspecified atom stereocenters. The molecular formula is C54H41N. The topological polar surface area (TPSA) is 12.9 Å². The quantitative estimate of drug-likeness (QED) is 0.168. The highest BCUT2D eigenvalue weighted by Gasteiger charge is 2.38. The maximum atomic E-state index is 5.10. The van der Waals surface area contributed by atoms with Gasteiger partial charge in [0.15, 0.2) is 0 Å². The number of hydrogen-bond acceptors (Lipinski definition) is 1. The normalized spacial score (nSPS) is 15.4. The van der Waals surface area contributed by atoms with E-state index in [1.807, 2.05) is 0 Å². The first-order chi connectivity index (χ1) is 27.0. The third kappa shape index (κ3) is 5.84. The molecule has 2 aliphatic carbocycles. The van der Waals surface area contributed by atoms with Crippen LogP contribution >= 0.6 is 0 Å². The van der Waals surface area contributed by atoms with Crippen LogP contribution in [0.1, 0.15) is 48.4 Å². The largest absolute Gasteiger partial charge is 0.248 e. The predicted molar refractivity (Wildman–Crippen MR) is 232 cm³/mol. The summed E-state index contributed by atoms with van der Waals surface area (Å²) in [7, 11) is 0. The molecular weight excluding hydrogens is 663 g/mol. The lowest BCUT2D eigenvalue weighted by molar-refractivity contribution is 0.661. The smallest absolute Gasteiger partial charge is 0.0715 e. The summed E-state index contributed by atoms with van der Waals surface area (Å²) in [5, 5.41) is 2.61. The summed E-state index contributed by atoms with van der Waals surface area (Å²) in [5.41, 5.74) is 18.5. The summed E-state index contributed by atoms with van der Waals surface area (Å²) in [5.74, 6) is 0.309. The van der Waals surface area contributed by atoms with Crippen LogP contribution in [0.2, 0.25) is 0 Å². The van der Waals surface area contributed by atoms with Gasteiger partial charge in [-0.2, -0.15) is 0 Å². The van der Waals surface area contributed by atoms with Crippen LogP contribution in [0.25, 0.3) is 72.2 Å². The summed E-state index contributed by atoms with van der Waals surface area (Å²) in [6.07, 6.45) is 8.14. The zero-order chi connectivity index (χ0) is 36.9. The van der Waals surface area contributed by atoms with E-state index in [9.17, 15) is 0 Å². The molecule has 0 aliphatic heterocycles. The van der Waals surface area contributed by atoms with E-state index in [0.717, 1.165) is 28.9 Å². The number of pyridine rings is 1. The van der Waals surface area contributed by atoms with E-state index in [1.54, 1.807) is 0 Å². The van der Waals surface area contributed by atoms with Gasteiger partial charge in [0.25, 0.3) is 0 Å². The molecule has 1 nitrogen and oxygen atoms in total. The van der Waals surface area contributed by atoms with Crippen LogP contribution in [-0.4, -0.2) is 4.98 Å². The average molecular weight is 704 g/mol. The zero-order valence-electron chi connectivity index (χ0n) is 31.2. The Bertz CT molecular complexity index is 2730. The molecule has 0 saturated heterocycles. The minimum absolute atomic E-state index is 0.121. The second-order valence-electron chi connectivity index (χ2n) is 15.5. The summed E-state index contributed by atoms with van der Waals surface area (Å²) >= 11 is 0. The van der Waals surface area contributed by atoms with E-state index in [4.69, 9.17) is 4.98 Å². The van der Waals surface area contributed by atoms with Gasteiger partial charge in [-0.3, -0.25) is 0 Å². The standard InChI is InChI=1S/C54H41N/c1-54(2)48-32-43(29-30-47(48)53-49(54)33-44-21-12-13-24-46(44)52(53)40-19-10-5-11-20-40)37-27-25-36(26-28-37)41-22-14-23-42(31-41)45-34-50(38-15-6-3-7-16-38)55-51(35-45)39-17-8-4-9-18-39/h3-25,27-36H,26H2,1-2H3. The lowest BCUT2D eigenvalue weighted by atomic mass is 9.80. The van der Waals surface area contributed by atoms with Crippen LogP contribution in [0.15, 0.2) is 194 Å². The van der Waals surface area contributed by atoms with Gasteiger partial charge in [-0.15, -0.1) is 0 Å². The minimum atomic E-state index is -0.121. The highest BCUT2D eigenvalue weighted by Crippen LogP contribution is 2.55. The molecule has 0 saturated carbocycles. The molecule has 0 amide bonds. The first-order valence-corrected chi connectivity index (χ1v) is 19.4. The van der Waals surface area contributed by atoms with Crippen molar-refractivity contribution in [1.82, 2.24) is 4.98 Å². The monoisotopic (exact) mass is 703 g/mol. The van der Waals surface area contributed by atoms with Gasteiger partial charge in [0.05, 0.1) is 11.4 Å². The van der Waals surface area contributed by atoms with Gasteiger partial charge in [0, 0.05) is 22.5 Å². The van der Waals surface area contributed by atoms with E-state index in [0.29, 0.717) is 5.92 Å². The molecule has 0 radical (unpaired) electrons. The molecule has 7 aromatic carbocycles. The van der Waals surface area contributed by atoms with Gasteiger partial charge in [0.1, 0.15) is 0 Å². The molecule has 1 aromatic heterocycles. The Kier molecular flexibility index (Phi) is 8.03. The molecule has 262 valence electrons. The number of nitrogens with zero attached hydrogens (tertiary/aromatic N) is 1. The van der Waals surface area contributed by atoms with E-state index in [2.05, 4.69) is 208 Å². The molecule has 10 rings (SSSR count). The SMILES string of the molecule is CC1(C)c2cc(C3=CCC(c4cccc(-c5cc(-c6ccccc6)nc(-c6ccccc6)c5)c4)C=C3)ccc2-c2c1cc1ccccc1c2-c1ccccc1. The van der Waals surface area contributed by atoms with Crippen molar-refractivity contribution < 1.29 is 0 Å². The van der Waals surface area contributed by atoms with Crippen molar-refractivity contribution in [2.75, 3.05) is 0 Å². The maximum absolute atomic E-state index is 5.10. The number of hydrogen-bond donors (Lipinski definition) is 0. The fraction of sp³-hybridized carbons (Fsp3) is 0.0926. The number of fused-ring (bicyclic) bond motifs is 4. The van der Waals surface area contributed by atoms with Gasteiger partial charge >= 0.3 is 0 Å². The van der Waals surface area contributed by atoms with E-state index in [-0.39, 0.29) is 5.41 Å². The highest BCUT2D eigenvalue weighted by atomic mass is 14.7. The third-order valence-corrected chi connectivity index (χ3v) is 11.8. The number of rotatable bonds is 6. The van der Waals surface area contributed by atoms with Gasteiger partial charge in [0.2, 0.25) is 0 Å². The minimum Gasteiger partial charge on any atom is -0.248 e. The van der Waals surface area contributed by atoms with Gasteiger partial charge < -0.3 is 0 Å². The molecule has 1 atom stereocenters. The molecule has 8 aromatic rings. The Morgan fingerprint density at radius 1 is 0.491 bits per heavy atom. The van der Waals surface area contributed by atoms with Crippen molar-refractivity contribution in [2.24, 2.45) is 0 Å². The number of aromatic nitrogens is 1. The Morgan fingerprint density at radius 2 is 1.13 bits per heavy atom. The van der Waals surface area contributed by atoms with Crippen molar-refractivity contribution in [3.63, 3.8) is 0 Å². The molecule has 55 heavy (non-hydrogen) atoms. The third-order valence-electron chi connectivity index (χ3n) is 11.8. The fourth-order valence-electron chi connectivity index (χ4n) is 8.87. The van der Waals surface area contributed by atoms with Crippen LogP contribution < -0.4 is 0 Å². The van der Waals surface area contributed by atoms with Crippen molar-refractivity contribution in [2.45, 2.75) is 31.6 Å². The molecule has 2 aliphatic rings. The summed E-state index contributed by atoms with van der Waals surface area (Å²) < 4.78 is 0. The molecule has 1 heteroatoms. The number of allylic oxidation sites excluding steroid dienone is 4. The highest BCUT2D eigenvalue weighted by molar-refractivity contribution is 6.08. The van der Waals surface area contributed by atoms with Crippen LogP contribution in [-0.2, 0) is 5.41 Å². The van der Waals surface area contributed by atoms with E-state index in [1.165, 1.54) is 72.0 Å². The van der Waals surface area contributed by atoms with Crippen molar-refractivity contribution in [3.8, 4) is 55.9 Å². The van der Waals surface area contributed by atoms with Crippen molar-refractivity contribution in [1.29, 1.82) is 0 Å². The molecule has 0 spiro atoms. The lowest BCUT2D eigenvalue weighted by Gasteiger charge is -2.23. The lowest BCUT2D eigenvalue weighted by Crippen LogP contribution is -2.15. The van der Waals surface area contributed by atoms with E-state index < -0.39 is 0 Å². The molecule has 1 heterocycles. The maximum Gasteiger partial charge on any atom is 0.0715 e. The molecule has 0 fully saturated rings. The first-order valence-electron chi connectivity index (χ1n) is 19.4. The Hall–Kier alpha value is -6.57. The Morgan fingerprint density at radius 3 is 1.80 bits per heavy atom. The average Bonchev–Trinajstić information content (AvgIpc) is 3.48. The zero-order valence-corrected chi connectivity index (χ0v) is 31.2. The van der Waals surface area contributed by atoms with Crippen LogP contribution in [0, 0.1) is 0 Å². The molecule has 0 bridgehead atoms. The first kappa shape index (κ1) is 33.0. The second kappa shape index (κ2) is 13.4. The molecule has 0 N–H and O–H groups in total. The fourth-order valence-corrected chi connectivity index (χ4v) is 8.87. The summed E-state index contributed by atoms with van der Waals surface area (Å²) in [6, 6.07) is 63.9. The number of benzene rings is 7. The predicted octanol–water partition coefficient (Wildman–Crippen LogP) is 14.3. The Labute approximate surface area is 324 Å². The van der Waals surface area contributed by atoms with Gasteiger partial charge in [-0.25, -0.2) is 4.98 Å². The van der Waals surface area contributed by atoms with Crippen LogP contribution in [0.4, 0.5) is 0 Å². The van der Waals surface area contributed by atoms with E-state index >= 15 is 0 Å². The van der Waals surface area contributed by atoms with Crippen LogP contribution in [0.5, 0.6) is 0 Å². The second-order valence-corrected chi connectivity index (χ2v) is 15.5.